The number of nitrogens with zero attached hydrogens (tertiary/aromatic N) is 1. The van der Waals surface area contributed by atoms with Crippen molar-refractivity contribution in [2.75, 3.05) is 13.1 Å². The van der Waals surface area contributed by atoms with Crippen LogP contribution in [-0.4, -0.2) is 36.0 Å². The van der Waals surface area contributed by atoms with E-state index in [2.05, 4.69) is 6.58 Å². The van der Waals surface area contributed by atoms with Gasteiger partial charge in [-0.05, 0) is 25.5 Å². The maximum absolute atomic E-state index is 12.2. The van der Waals surface area contributed by atoms with Crippen molar-refractivity contribution >= 4 is 18.0 Å². The molecule has 4 nitrogen and oxygen atoms in total. The van der Waals surface area contributed by atoms with Gasteiger partial charge in [0.2, 0.25) is 5.91 Å². The number of hydrogen-bond acceptors (Lipinski definition) is 3. The van der Waals surface area contributed by atoms with Crippen molar-refractivity contribution in [3.63, 3.8) is 0 Å². The van der Waals surface area contributed by atoms with E-state index in [1.54, 1.807) is 17.9 Å². The highest BCUT2D eigenvalue weighted by Gasteiger charge is 2.24. The van der Waals surface area contributed by atoms with Gasteiger partial charge in [0.15, 0.2) is 0 Å². The summed E-state index contributed by atoms with van der Waals surface area (Å²) >= 11 is 0. The molecule has 1 aromatic carbocycles. The molecular weight excluding hydrogens is 290 g/mol. The van der Waals surface area contributed by atoms with Crippen LogP contribution in [0.4, 0.5) is 0 Å². The summed E-state index contributed by atoms with van der Waals surface area (Å²) in [5, 5.41) is 0. The monoisotopic (exact) mass is 313 g/mol. The minimum Gasteiger partial charge on any atom is -0.459 e. The molecule has 122 valence electrons. The summed E-state index contributed by atoms with van der Waals surface area (Å²) in [5.74, 6) is -0.357. The molecule has 0 aliphatic carbocycles. The predicted molar refractivity (Wildman–Crippen MR) is 90.7 cm³/mol. The average Bonchev–Trinajstić information content (AvgIpc) is 2.54. The number of aryl methyl sites for hydroxylation is 1. The lowest BCUT2D eigenvalue weighted by molar-refractivity contribution is -0.147. The van der Waals surface area contributed by atoms with E-state index in [1.165, 1.54) is 5.56 Å². The summed E-state index contributed by atoms with van der Waals surface area (Å²) in [4.78, 5) is 25.5. The third-order valence-electron chi connectivity index (χ3n) is 3.87. The number of likely N-dealkylation sites (tertiary alicyclic amines) is 1. The molecule has 2 rings (SSSR count). The van der Waals surface area contributed by atoms with E-state index in [0.717, 1.165) is 5.56 Å². The summed E-state index contributed by atoms with van der Waals surface area (Å²) in [7, 11) is 0. The molecule has 1 amide bonds. The van der Waals surface area contributed by atoms with E-state index in [1.807, 2.05) is 37.3 Å². The first-order valence-electron chi connectivity index (χ1n) is 7.86. The van der Waals surface area contributed by atoms with Gasteiger partial charge in [-0.25, -0.2) is 4.79 Å². The maximum atomic E-state index is 12.2. The quantitative estimate of drug-likeness (QED) is 0.634. The zero-order chi connectivity index (χ0) is 16.8. The molecule has 4 heteroatoms. The third kappa shape index (κ3) is 5.09. The Balaban J connectivity index is 1.82. The van der Waals surface area contributed by atoms with Gasteiger partial charge in [0.1, 0.15) is 6.10 Å². The van der Waals surface area contributed by atoms with Crippen molar-refractivity contribution in [3.8, 4) is 0 Å². The van der Waals surface area contributed by atoms with Crippen molar-refractivity contribution in [1.29, 1.82) is 0 Å². The molecular formula is C19H23NO3. The van der Waals surface area contributed by atoms with E-state index >= 15 is 0 Å². The van der Waals surface area contributed by atoms with E-state index < -0.39 is 0 Å². The highest BCUT2D eigenvalue weighted by atomic mass is 16.5. The van der Waals surface area contributed by atoms with Gasteiger partial charge in [-0.3, -0.25) is 4.79 Å². The van der Waals surface area contributed by atoms with Crippen LogP contribution in [0.3, 0.4) is 0 Å². The summed E-state index contributed by atoms with van der Waals surface area (Å²) in [6.45, 7) is 8.45. The van der Waals surface area contributed by atoms with Gasteiger partial charge in [0.05, 0.1) is 0 Å². The van der Waals surface area contributed by atoms with Crippen LogP contribution in [0.25, 0.3) is 6.08 Å². The molecule has 0 saturated carbocycles. The second-order valence-corrected chi connectivity index (χ2v) is 5.95. The maximum Gasteiger partial charge on any atom is 0.333 e. The minimum atomic E-state index is -0.353. The molecule has 0 atom stereocenters. The fraction of sp³-hybridized carbons (Fsp3) is 0.368. The van der Waals surface area contributed by atoms with Crippen molar-refractivity contribution < 1.29 is 14.3 Å². The van der Waals surface area contributed by atoms with Crippen LogP contribution in [0.5, 0.6) is 0 Å². The Labute approximate surface area is 137 Å². The Morgan fingerprint density at radius 2 is 1.83 bits per heavy atom. The largest absolute Gasteiger partial charge is 0.459 e. The SMILES string of the molecule is C=C(C)C(=O)OC1CCN(C(=O)/C=C/c2ccc(C)cc2)CC1. The number of carbonyl (C=O) groups is 2. The molecule has 1 aromatic rings. The van der Waals surface area contributed by atoms with E-state index in [4.69, 9.17) is 4.74 Å². The van der Waals surface area contributed by atoms with Crippen LogP contribution in [0.2, 0.25) is 0 Å². The Morgan fingerprint density at radius 3 is 2.39 bits per heavy atom. The Morgan fingerprint density at radius 1 is 1.22 bits per heavy atom. The van der Waals surface area contributed by atoms with Crippen LogP contribution < -0.4 is 0 Å². The Kier molecular flexibility index (Phi) is 5.74. The number of rotatable bonds is 4. The molecule has 23 heavy (non-hydrogen) atoms. The zero-order valence-corrected chi connectivity index (χ0v) is 13.7. The Hall–Kier alpha value is -2.36. The summed E-state index contributed by atoms with van der Waals surface area (Å²) in [6, 6.07) is 8.02. The predicted octanol–water partition coefficient (Wildman–Crippen LogP) is 3.12. The van der Waals surface area contributed by atoms with Gasteiger partial charge < -0.3 is 9.64 Å². The lowest BCUT2D eigenvalue weighted by Crippen LogP contribution is -2.40. The average molecular weight is 313 g/mol. The van der Waals surface area contributed by atoms with Crippen molar-refractivity contribution in [1.82, 2.24) is 4.90 Å². The first-order chi connectivity index (χ1) is 11.0. The lowest BCUT2D eigenvalue weighted by Gasteiger charge is -2.31. The minimum absolute atomic E-state index is 0.00440. The molecule has 0 unspecified atom stereocenters. The number of ether oxygens (including phenoxy) is 1. The van der Waals surface area contributed by atoms with Crippen molar-refractivity contribution in [3.05, 3.63) is 53.6 Å². The molecule has 1 aliphatic heterocycles. The third-order valence-corrected chi connectivity index (χ3v) is 3.87. The number of esters is 1. The summed E-state index contributed by atoms with van der Waals surface area (Å²) in [6.07, 6.45) is 4.65. The van der Waals surface area contributed by atoms with Gasteiger partial charge in [-0.2, -0.15) is 0 Å². The molecule has 0 spiro atoms. The number of carbonyl (C=O) groups excluding carboxylic acids is 2. The van der Waals surface area contributed by atoms with Gasteiger partial charge in [0.25, 0.3) is 0 Å². The second kappa shape index (κ2) is 7.77. The van der Waals surface area contributed by atoms with Gasteiger partial charge in [-0.15, -0.1) is 0 Å². The van der Waals surface area contributed by atoms with Gasteiger partial charge in [0, 0.05) is 37.6 Å². The van der Waals surface area contributed by atoms with Gasteiger partial charge in [-0.1, -0.05) is 36.4 Å². The van der Waals surface area contributed by atoms with Crippen LogP contribution >= 0.6 is 0 Å². The first-order valence-corrected chi connectivity index (χ1v) is 7.86. The van der Waals surface area contributed by atoms with Crippen LogP contribution in [0, 0.1) is 6.92 Å². The van der Waals surface area contributed by atoms with Crippen LogP contribution in [0.15, 0.2) is 42.5 Å². The zero-order valence-electron chi connectivity index (χ0n) is 13.7. The highest BCUT2D eigenvalue weighted by molar-refractivity contribution is 5.92. The van der Waals surface area contributed by atoms with Crippen LogP contribution in [0.1, 0.15) is 30.9 Å². The van der Waals surface area contributed by atoms with Crippen molar-refractivity contribution in [2.45, 2.75) is 32.8 Å². The molecule has 1 saturated heterocycles. The molecule has 0 aromatic heterocycles. The number of amides is 1. The molecule has 1 fully saturated rings. The molecule has 0 N–H and O–H groups in total. The van der Waals surface area contributed by atoms with E-state index in [0.29, 0.717) is 31.5 Å². The van der Waals surface area contributed by atoms with Crippen molar-refractivity contribution in [2.24, 2.45) is 0 Å². The topological polar surface area (TPSA) is 46.6 Å². The lowest BCUT2D eigenvalue weighted by atomic mass is 10.1. The van der Waals surface area contributed by atoms with E-state index in [9.17, 15) is 9.59 Å². The van der Waals surface area contributed by atoms with Gasteiger partial charge >= 0.3 is 5.97 Å². The molecule has 0 bridgehead atoms. The second-order valence-electron chi connectivity index (χ2n) is 5.95. The summed E-state index contributed by atoms with van der Waals surface area (Å²) < 4.78 is 5.33. The molecule has 0 radical (unpaired) electrons. The smallest absolute Gasteiger partial charge is 0.333 e. The number of hydrogen-bond donors (Lipinski definition) is 0. The first kappa shape index (κ1) is 17.0. The number of benzene rings is 1. The number of piperidine rings is 1. The fourth-order valence-electron chi connectivity index (χ4n) is 2.40. The standard InChI is InChI=1S/C19H23NO3/c1-14(2)19(22)23-17-10-12-20(13-11-17)18(21)9-8-16-6-4-15(3)5-7-16/h4-9,17H,1,10-13H2,2-3H3/b9-8+. The highest BCUT2D eigenvalue weighted by Crippen LogP contribution is 2.16. The van der Waals surface area contributed by atoms with E-state index in [-0.39, 0.29) is 18.0 Å². The van der Waals surface area contributed by atoms with Crippen LogP contribution in [-0.2, 0) is 14.3 Å². The normalized spacial score (nSPS) is 15.7. The molecule has 1 heterocycles. The fourth-order valence-corrected chi connectivity index (χ4v) is 2.40. The molecule has 1 aliphatic rings. The Bertz CT molecular complexity index is 608. The summed E-state index contributed by atoms with van der Waals surface area (Å²) in [5.41, 5.74) is 2.61.